The fourth-order valence-corrected chi connectivity index (χ4v) is 5.57. The Labute approximate surface area is 267 Å². The number of furan rings is 1. The van der Waals surface area contributed by atoms with E-state index in [2.05, 4.69) is 11.1 Å². The zero-order chi connectivity index (χ0) is 38.2. The molecule has 0 spiro atoms. The van der Waals surface area contributed by atoms with Crippen molar-refractivity contribution in [3.63, 3.8) is 0 Å². The Morgan fingerprint density at radius 1 is 0.837 bits per heavy atom. The maximum Gasteiger partial charge on any atom is 0.144 e. The number of aromatic nitrogens is 1. The van der Waals surface area contributed by atoms with Crippen LogP contribution in [0.2, 0.25) is 0 Å². The van der Waals surface area contributed by atoms with Gasteiger partial charge in [-0.1, -0.05) is 93.5 Å². The molecule has 0 unspecified atom stereocenters. The number of hydrogen-bond acceptors (Lipinski definition) is 3. The highest BCUT2D eigenvalue weighted by Crippen LogP contribution is 2.44. The molecule has 2 aromatic heterocycles. The first-order valence-electron chi connectivity index (χ1n) is 18.7. The minimum absolute atomic E-state index is 0.0138. The average Bonchev–Trinajstić information content (AvgIpc) is 3.45. The van der Waals surface area contributed by atoms with Crippen LogP contribution in [0, 0.1) is 30.4 Å². The fraction of sp³-hybridized carbons (Fsp3) is 0.250. The molecule has 4 aromatic carbocycles. The van der Waals surface area contributed by atoms with Crippen molar-refractivity contribution in [2.24, 2.45) is 5.41 Å². The number of nitrogens with zero attached hydrogens (tertiary/aromatic N) is 2. The smallest absolute Gasteiger partial charge is 0.144 e. The Bertz CT molecular complexity index is 2390. The molecule has 3 heteroatoms. The van der Waals surface area contributed by atoms with Crippen molar-refractivity contribution in [3.8, 4) is 39.6 Å². The van der Waals surface area contributed by atoms with Crippen molar-refractivity contribution >= 4 is 21.9 Å². The molecule has 0 atom stereocenters. The van der Waals surface area contributed by atoms with Gasteiger partial charge in [-0.15, -0.1) is 0 Å². The quantitative estimate of drug-likeness (QED) is 0.207. The van der Waals surface area contributed by atoms with Crippen molar-refractivity contribution in [1.82, 2.24) is 4.98 Å². The first-order valence-corrected chi connectivity index (χ1v) is 14.2. The van der Waals surface area contributed by atoms with Crippen molar-refractivity contribution < 1.29 is 16.8 Å². The first kappa shape index (κ1) is 19.5. The Hall–Kier alpha value is -4.68. The van der Waals surface area contributed by atoms with Gasteiger partial charge in [0.15, 0.2) is 0 Å². The van der Waals surface area contributed by atoms with E-state index in [1.54, 1.807) is 26.8 Å². The Balaban J connectivity index is 1.66. The van der Waals surface area contributed by atoms with E-state index >= 15 is 0 Å². The van der Waals surface area contributed by atoms with Gasteiger partial charge in [0.25, 0.3) is 0 Å². The lowest BCUT2D eigenvalue weighted by Gasteiger charge is -2.20. The van der Waals surface area contributed by atoms with E-state index in [9.17, 15) is 5.26 Å². The minimum Gasteiger partial charge on any atom is -0.455 e. The lowest BCUT2D eigenvalue weighted by atomic mass is 9.80. The summed E-state index contributed by atoms with van der Waals surface area (Å²) in [5.74, 6) is 0. The maximum absolute atomic E-state index is 10.1. The summed E-state index contributed by atoms with van der Waals surface area (Å²) in [6, 6.07) is 25.1. The third kappa shape index (κ3) is 5.23. The largest absolute Gasteiger partial charge is 0.455 e. The first-order chi connectivity index (χ1) is 24.1. The third-order valence-corrected chi connectivity index (χ3v) is 7.59. The molecule has 0 radical (unpaired) electrons. The third-order valence-electron chi connectivity index (χ3n) is 7.59. The number of nitriles is 1. The molecule has 6 aromatic rings. The highest BCUT2D eigenvalue weighted by atomic mass is 16.3. The van der Waals surface area contributed by atoms with Gasteiger partial charge in [0.1, 0.15) is 11.2 Å². The van der Waals surface area contributed by atoms with Crippen LogP contribution in [-0.2, 0) is 11.8 Å². The van der Waals surface area contributed by atoms with Crippen LogP contribution in [0.1, 0.15) is 69.2 Å². The van der Waals surface area contributed by atoms with E-state index in [4.69, 9.17) is 16.8 Å². The molecule has 0 aliphatic carbocycles. The van der Waals surface area contributed by atoms with Crippen LogP contribution in [-0.4, -0.2) is 4.98 Å². The summed E-state index contributed by atoms with van der Waals surface area (Å²) in [7, 11) is 0. The van der Waals surface area contributed by atoms with Crippen molar-refractivity contribution in [2.45, 2.75) is 60.1 Å². The number of aryl methyl sites for hydroxylation is 2. The fourth-order valence-electron chi connectivity index (χ4n) is 5.57. The molecule has 0 aliphatic rings. The van der Waals surface area contributed by atoms with Gasteiger partial charge in [-0.05, 0) is 90.4 Å². The summed E-state index contributed by atoms with van der Waals surface area (Å²) in [5, 5.41) is 11.7. The highest BCUT2D eigenvalue weighted by Gasteiger charge is 2.28. The summed E-state index contributed by atoms with van der Waals surface area (Å²) in [6.07, 6.45) is -0.817. The molecule has 0 saturated heterocycles. The number of hydrogen-bond donors (Lipinski definition) is 0. The molecule has 0 fully saturated rings. The van der Waals surface area contributed by atoms with Crippen molar-refractivity contribution in [2.75, 3.05) is 0 Å². The molecular weight excluding hydrogens is 524 g/mol. The topological polar surface area (TPSA) is 49.8 Å². The summed E-state index contributed by atoms with van der Waals surface area (Å²) in [5.41, 5.74) is 1.77. The van der Waals surface area contributed by atoms with Crippen molar-refractivity contribution in [1.29, 1.82) is 5.26 Å². The summed E-state index contributed by atoms with van der Waals surface area (Å²) in [4.78, 5) is 4.56. The predicted octanol–water partition coefficient (Wildman–Crippen LogP) is 11.0. The molecule has 0 aliphatic heterocycles. The van der Waals surface area contributed by atoms with Gasteiger partial charge >= 0.3 is 0 Å². The molecule has 2 heterocycles. The Kier molecular flexibility index (Phi) is 4.78. The lowest BCUT2D eigenvalue weighted by molar-refractivity contribution is 0.411. The molecule has 0 N–H and O–H groups in total. The molecule has 43 heavy (non-hydrogen) atoms. The van der Waals surface area contributed by atoms with Gasteiger partial charge in [0.05, 0.1) is 18.5 Å². The maximum atomic E-state index is 10.1. The van der Waals surface area contributed by atoms with Gasteiger partial charge < -0.3 is 4.42 Å². The van der Waals surface area contributed by atoms with Crippen LogP contribution >= 0.6 is 0 Å². The SMILES string of the molecule is [2H]c1cc(C([2H])([2H])C(C)(C)C)cc(C([2H])([2H])[2H])c1-c1cc(-c2cccc3c2oc2c(-c4ccccc4)c(C(C)(C)C#N)ccc23)ncc1C([2H])([2H])[2H]. The number of benzene rings is 4. The second-order valence-electron chi connectivity index (χ2n) is 12.4. The number of pyridine rings is 1. The lowest BCUT2D eigenvalue weighted by Crippen LogP contribution is -2.15. The van der Waals surface area contributed by atoms with Crippen molar-refractivity contribution in [3.05, 3.63) is 113 Å². The van der Waals surface area contributed by atoms with E-state index < -0.39 is 30.9 Å². The van der Waals surface area contributed by atoms with Gasteiger partial charge in [0, 0.05) is 39.1 Å². The average molecular weight is 572 g/mol. The second-order valence-corrected chi connectivity index (χ2v) is 12.4. The normalized spacial score (nSPS) is 16.1. The van der Waals surface area contributed by atoms with E-state index in [0.29, 0.717) is 16.7 Å². The minimum atomic E-state index is -2.81. The summed E-state index contributed by atoms with van der Waals surface area (Å²) >= 11 is 0. The summed E-state index contributed by atoms with van der Waals surface area (Å²) in [6.45, 7) is 3.23. The standard InChI is InChI=1S/C40H38N2O/c1-25-20-27(22-39(3,4)5)16-17-29(25)33-21-35(42-23-26(33)2)32-15-11-14-30-31-18-19-34(40(6,7)24-41)36(38(31)43-37(30)32)28-12-9-8-10-13-28/h8-21,23H,22H2,1-7H3/i1D3,2D3,17D,22D2. The van der Waals surface area contributed by atoms with Crippen LogP contribution in [0.5, 0.6) is 0 Å². The second kappa shape index (κ2) is 10.5. The molecule has 0 amide bonds. The van der Waals surface area contributed by atoms with E-state index in [1.807, 2.05) is 68.4 Å². The van der Waals surface area contributed by atoms with Crippen LogP contribution in [0.3, 0.4) is 0 Å². The van der Waals surface area contributed by atoms with E-state index in [1.165, 1.54) is 24.4 Å². The number of fused-ring (bicyclic) bond motifs is 3. The Morgan fingerprint density at radius 3 is 2.33 bits per heavy atom. The van der Waals surface area contributed by atoms with Gasteiger partial charge in [-0.25, -0.2) is 0 Å². The molecule has 3 nitrogen and oxygen atoms in total. The van der Waals surface area contributed by atoms with E-state index in [0.717, 1.165) is 27.5 Å². The highest BCUT2D eigenvalue weighted by molar-refractivity contribution is 6.13. The molecule has 6 rings (SSSR count). The predicted molar refractivity (Wildman–Crippen MR) is 179 cm³/mol. The zero-order valence-electron chi connectivity index (χ0n) is 33.9. The van der Waals surface area contributed by atoms with E-state index in [-0.39, 0.29) is 39.6 Å². The number of para-hydroxylation sites is 1. The Morgan fingerprint density at radius 2 is 1.60 bits per heavy atom. The van der Waals surface area contributed by atoms with Crippen LogP contribution in [0.25, 0.3) is 55.4 Å². The van der Waals surface area contributed by atoms with Gasteiger partial charge in [0.2, 0.25) is 0 Å². The molecule has 214 valence electrons. The molecule has 0 saturated carbocycles. The summed E-state index contributed by atoms with van der Waals surface area (Å²) < 4.78 is 83.7. The van der Waals surface area contributed by atoms with Crippen LogP contribution in [0.4, 0.5) is 0 Å². The number of rotatable bonds is 5. The van der Waals surface area contributed by atoms with Crippen LogP contribution < -0.4 is 0 Å². The zero-order valence-corrected chi connectivity index (χ0v) is 24.9. The van der Waals surface area contributed by atoms with Gasteiger partial charge in [-0.2, -0.15) is 5.26 Å². The van der Waals surface area contributed by atoms with Gasteiger partial charge in [-0.3, -0.25) is 4.98 Å². The van der Waals surface area contributed by atoms with Crippen LogP contribution in [0.15, 0.2) is 95.5 Å². The molecular formula is C40H38N2O. The monoisotopic (exact) mass is 571 g/mol. The molecule has 0 bridgehead atoms.